The SMILES string of the molecule is NNC(=O)c1cc(C=O)ccn1. The minimum absolute atomic E-state index is 0.127. The van der Waals surface area contributed by atoms with E-state index in [1.807, 2.05) is 5.43 Å². The molecule has 0 aliphatic carbocycles. The predicted molar refractivity (Wildman–Crippen MR) is 41.3 cm³/mol. The smallest absolute Gasteiger partial charge is 0.283 e. The zero-order valence-electron chi connectivity index (χ0n) is 6.15. The highest BCUT2D eigenvalue weighted by Crippen LogP contribution is 1.97. The Morgan fingerprint density at radius 2 is 2.42 bits per heavy atom. The van der Waals surface area contributed by atoms with Crippen molar-refractivity contribution in [3.63, 3.8) is 0 Å². The molecule has 0 radical (unpaired) electrons. The van der Waals surface area contributed by atoms with Crippen LogP contribution in [-0.4, -0.2) is 17.2 Å². The number of rotatable bonds is 2. The number of aldehydes is 1. The molecule has 0 fully saturated rings. The van der Waals surface area contributed by atoms with Crippen molar-refractivity contribution in [3.8, 4) is 0 Å². The molecule has 0 saturated carbocycles. The van der Waals surface area contributed by atoms with Gasteiger partial charge in [0, 0.05) is 11.8 Å². The molecule has 0 bridgehead atoms. The third-order valence-corrected chi connectivity index (χ3v) is 1.28. The molecule has 1 aromatic heterocycles. The van der Waals surface area contributed by atoms with Gasteiger partial charge in [0.1, 0.15) is 12.0 Å². The Kier molecular flexibility index (Phi) is 2.49. The van der Waals surface area contributed by atoms with Crippen LogP contribution in [0, 0.1) is 0 Å². The summed E-state index contributed by atoms with van der Waals surface area (Å²) in [6.45, 7) is 0. The van der Waals surface area contributed by atoms with Crippen LogP contribution in [0.5, 0.6) is 0 Å². The van der Waals surface area contributed by atoms with Gasteiger partial charge in [-0.25, -0.2) is 5.84 Å². The second-order valence-corrected chi connectivity index (χ2v) is 2.07. The molecule has 0 aliphatic heterocycles. The molecule has 1 rings (SSSR count). The fraction of sp³-hybridized carbons (Fsp3) is 0. The monoisotopic (exact) mass is 165 g/mol. The van der Waals surface area contributed by atoms with E-state index in [0.717, 1.165) is 0 Å². The molecule has 0 atom stereocenters. The van der Waals surface area contributed by atoms with Crippen molar-refractivity contribution in [1.29, 1.82) is 0 Å². The summed E-state index contributed by atoms with van der Waals surface area (Å²) < 4.78 is 0. The Hall–Kier alpha value is -1.75. The van der Waals surface area contributed by atoms with E-state index in [2.05, 4.69) is 4.98 Å². The molecular formula is C7H7N3O2. The molecule has 62 valence electrons. The van der Waals surface area contributed by atoms with E-state index in [0.29, 0.717) is 11.8 Å². The molecule has 0 unspecified atom stereocenters. The van der Waals surface area contributed by atoms with Gasteiger partial charge in [-0.2, -0.15) is 0 Å². The van der Waals surface area contributed by atoms with Crippen LogP contribution < -0.4 is 11.3 Å². The Bertz CT molecular complexity index is 311. The number of nitrogens with two attached hydrogens (primary N) is 1. The third kappa shape index (κ3) is 1.64. The second-order valence-electron chi connectivity index (χ2n) is 2.07. The van der Waals surface area contributed by atoms with Crippen LogP contribution in [0.3, 0.4) is 0 Å². The van der Waals surface area contributed by atoms with Gasteiger partial charge < -0.3 is 0 Å². The van der Waals surface area contributed by atoms with E-state index in [1.165, 1.54) is 18.3 Å². The molecule has 1 amide bonds. The maximum atomic E-state index is 10.9. The van der Waals surface area contributed by atoms with E-state index < -0.39 is 5.91 Å². The normalized spacial score (nSPS) is 9.08. The second kappa shape index (κ2) is 3.59. The number of nitrogens with zero attached hydrogens (tertiary/aromatic N) is 1. The topological polar surface area (TPSA) is 85.1 Å². The van der Waals surface area contributed by atoms with Crippen molar-refractivity contribution in [1.82, 2.24) is 10.4 Å². The minimum Gasteiger partial charge on any atom is -0.298 e. The zero-order chi connectivity index (χ0) is 8.97. The average Bonchev–Trinajstić information content (AvgIpc) is 2.17. The maximum Gasteiger partial charge on any atom is 0.283 e. The van der Waals surface area contributed by atoms with E-state index in [9.17, 15) is 9.59 Å². The number of nitrogens with one attached hydrogen (secondary N) is 1. The number of hydrogen-bond donors (Lipinski definition) is 2. The van der Waals surface area contributed by atoms with Crippen LogP contribution in [0.1, 0.15) is 20.8 Å². The number of nitrogen functional groups attached to an aromatic ring is 1. The zero-order valence-corrected chi connectivity index (χ0v) is 6.15. The number of aromatic nitrogens is 1. The quantitative estimate of drug-likeness (QED) is 0.267. The lowest BCUT2D eigenvalue weighted by molar-refractivity contribution is 0.0948. The first-order valence-corrected chi connectivity index (χ1v) is 3.20. The lowest BCUT2D eigenvalue weighted by Crippen LogP contribution is -2.30. The number of carbonyl (C=O) groups excluding carboxylic acids is 2. The van der Waals surface area contributed by atoms with Crippen LogP contribution in [-0.2, 0) is 0 Å². The Morgan fingerprint density at radius 3 is 3.00 bits per heavy atom. The summed E-state index contributed by atoms with van der Waals surface area (Å²) >= 11 is 0. The first-order valence-electron chi connectivity index (χ1n) is 3.20. The number of hydrogen-bond acceptors (Lipinski definition) is 4. The molecule has 0 spiro atoms. The maximum absolute atomic E-state index is 10.9. The molecule has 0 saturated heterocycles. The van der Waals surface area contributed by atoms with Crippen molar-refractivity contribution >= 4 is 12.2 Å². The van der Waals surface area contributed by atoms with Crippen LogP contribution in [0.4, 0.5) is 0 Å². The van der Waals surface area contributed by atoms with E-state index in [4.69, 9.17) is 5.84 Å². The summed E-state index contributed by atoms with van der Waals surface area (Å²) in [5.74, 6) is 4.35. The van der Waals surface area contributed by atoms with Crippen molar-refractivity contribution in [2.75, 3.05) is 0 Å². The first kappa shape index (κ1) is 8.35. The molecule has 1 aromatic rings. The standard InChI is InChI=1S/C7H7N3O2/c8-10-7(12)6-3-5(4-11)1-2-9-6/h1-4H,8H2,(H,10,12). The van der Waals surface area contributed by atoms with E-state index in [-0.39, 0.29) is 5.69 Å². The number of hydrazine groups is 1. The largest absolute Gasteiger partial charge is 0.298 e. The highest BCUT2D eigenvalue weighted by atomic mass is 16.2. The van der Waals surface area contributed by atoms with Gasteiger partial charge in [-0.05, 0) is 12.1 Å². The fourth-order valence-corrected chi connectivity index (χ4v) is 0.718. The lowest BCUT2D eigenvalue weighted by atomic mass is 10.2. The number of pyridine rings is 1. The summed E-state index contributed by atoms with van der Waals surface area (Å²) in [4.78, 5) is 24.9. The fourth-order valence-electron chi connectivity index (χ4n) is 0.718. The minimum atomic E-state index is -0.515. The van der Waals surface area contributed by atoms with Crippen LogP contribution in [0.2, 0.25) is 0 Å². The van der Waals surface area contributed by atoms with Gasteiger partial charge in [0.2, 0.25) is 0 Å². The van der Waals surface area contributed by atoms with Crippen LogP contribution >= 0.6 is 0 Å². The molecule has 0 aromatic carbocycles. The molecular weight excluding hydrogens is 158 g/mol. The molecule has 3 N–H and O–H groups in total. The molecule has 12 heavy (non-hydrogen) atoms. The molecule has 5 heteroatoms. The highest BCUT2D eigenvalue weighted by molar-refractivity contribution is 5.93. The summed E-state index contributed by atoms with van der Waals surface area (Å²) in [7, 11) is 0. The summed E-state index contributed by atoms with van der Waals surface area (Å²) in [6, 6.07) is 2.86. The van der Waals surface area contributed by atoms with Gasteiger partial charge in [-0.1, -0.05) is 0 Å². The Balaban J connectivity index is 3.01. The number of carbonyl (C=O) groups is 2. The Labute approximate surface area is 68.6 Å². The van der Waals surface area contributed by atoms with E-state index in [1.54, 1.807) is 0 Å². The molecule has 5 nitrogen and oxygen atoms in total. The summed E-state index contributed by atoms with van der Waals surface area (Å²) in [6.07, 6.45) is 2.00. The van der Waals surface area contributed by atoms with Crippen molar-refractivity contribution in [3.05, 3.63) is 29.6 Å². The summed E-state index contributed by atoms with van der Waals surface area (Å²) in [5, 5.41) is 0. The van der Waals surface area contributed by atoms with Crippen LogP contribution in [0.25, 0.3) is 0 Å². The molecule has 1 heterocycles. The van der Waals surface area contributed by atoms with Crippen LogP contribution in [0.15, 0.2) is 18.3 Å². The number of amides is 1. The van der Waals surface area contributed by atoms with Gasteiger partial charge in [0.25, 0.3) is 5.91 Å². The van der Waals surface area contributed by atoms with Crippen molar-refractivity contribution < 1.29 is 9.59 Å². The van der Waals surface area contributed by atoms with Gasteiger partial charge in [0.05, 0.1) is 0 Å². The van der Waals surface area contributed by atoms with Crippen molar-refractivity contribution in [2.24, 2.45) is 5.84 Å². The average molecular weight is 165 g/mol. The first-order chi connectivity index (χ1) is 5.77. The van der Waals surface area contributed by atoms with E-state index >= 15 is 0 Å². The predicted octanol–water partition coefficient (Wildman–Crippen LogP) is -0.502. The Morgan fingerprint density at radius 1 is 1.67 bits per heavy atom. The van der Waals surface area contributed by atoms with Crippen molar-refractivity contribution in [2.45, 2.75) is 0 Å². The highest BCUT2D eigenvalue weighted by Gasteiger charge is 2.04. The lowest BCUT2D eigenvalue weighted by Gasteiger charge is -1.97. The summed E-state index contributed by atoms with van der Waals surface area (Å²) in [5.41, 5.74) is 2.43. The van der Waals surface area contributed by atoms with Gasteiger partial charge in [-0.15, -0.1) is 0 Å². The molecule has 0 aliphatic rings. The third-order valence-electron chi connectivity index (χ3n) is 1.28. The van der Waals surface area contributed by atoms with Gasteiger partial charge in [0.15, 0.2) is 0 Å². The van der Waals surface area contributed by atoms with Gasteiger partial charge in [-0.3, -0.25) is 20.0 Å². The van der Waals surface area contributed by atoms with Gasteiger partial charge >= 0.3 is 0 Å².